The first kappa shape index (κ1) is 17.2. The number of benzene rings is 2. The van der Waals surface area contributed by atoms with Gasteiger partial charge in [0.25, 0.3) is 11.8 Å². The number of aromatic nitrogens is 3. The molecule has 0 radical (unpaired) electrons. The molecule has 2 amide bonds. The lowest BCUT2D eigenvalue weighted by Gasteiger charge is -2.19. The molecule has 2 aromatic carbocycles. The lowest BCUT2D eigenvalue weighted by Crippen LogP contribution is -2.27. The molecule has 0 saturated heterocycles. The molecule has 0 atom stereocenters. The number of carbonyl (C=O) groups excluding carboxylic acids is 2. The van der Waals surface area contributed by atoms with Crippen molar-refractivity contribution in [2.24, 2.45) is 0 Å². The molecule has 27 heavy (non-hydrogen) atoms. The Morgan fingerprint density at radius 3 is 2.89 bits per heavy atom. The van der Waals surface area contributed by atoms with Crippen molar-refractivity contribution in [3.05, 3.63) is 64.4 Å². The van der Waals surface area contributed by atoms with Crippen LogP contribution in [0.3, 0.4) is 0 Å². The van der Waals surface area contributed by atoms with Gasteiger partial charge in [-0.15, -0.1) is 5.10 Å². The van der Waals surface area contributed by atoms with Gasteiger partial charge in [0.05, 0.1) is 17.8 Å². The number of halogens is 1. The molecule has 0 unspecified atom stereocenters. The zero-order valence-electron chi connectivity index (χ0n) is 14.0. The van der Waals surface area contributed by atoms with E-state index in [1.165, 1.54) is 0 Å². The normalized spacial score (nSPS) is 12.7. The fraction of sp³-hybridized carbons (Fsp3) is 0.111. The van der Waals surface area contributed by atoms with E-state index >= 15 is 0 Å². The van der Waals surface area contributed by atoms with E-state index in [0.29, 0.717) is 23.5 Å². The number of carbonyl (C=O) groups is 2. The zero-order valence-corrected chi connectivity index (χ0v) is 15.6. The summed E-state index contributed by atoms with van der Waals surface area (Å²) in [5, 5.41) is 9.59. The lowest BCUT2D eigenvalue weighted by molar-refractivity contribution is -0.118. The number of anilines is 2. The van der Waals surface area contributed by atoms with E-state index in [0.717, 1.165) is 10.0 Å². The third kappa shape index (κ3) is 3.82. The summed E-state index contributed by atoms with van der Waals surface area (Å²) in [6.07, 6.45) is 1.55. The first-order valence-corrected chi connectivity index (χ1v) is 8.89. The Balaban J connectivity index is 1.48. The number of nitrogens with one attached hydrogen (secondary N) is 2. The van der Waals surface area contributed by atoms with Crippen LogP contribution in [0.5, 0.6) is 5.75 Å². The van der Waals surface area contributed by atoms with Crippen molar-refractivity contribution in [2.45, 2.75) is 6.54 Å². The van der Waals surface area contributed by atoms with Crippen molar-refractivity contribution in [2.75, 3.05) is 17.2 Å². The minimum atomic E-state index is -0.413. The topological polar surface area (TPSA) is 98.1 Å². The molecular weight excluding hydrogens is 414 g/mol. The highest BCUT2D eigenvalue weighted by atomic mass is 79.9. The van der Waals surface area contributed by atoms with Crippen LogP contribution in [0.4, 0.5) is 11.6 Å². The molecule has 2 heterocycles. The van der Waals surface area contributed by atoms with Gasteiger partial charge in [-0.3, -0.25) is 14.9 Å². The average molecular weight is 428 g/mol. The number of hydrogen-bond donors (Lipinski definition) is 2. The van der Waals surface area contributed by atoms with Gasteiger partial charge in [-0.1, -0.05) is 34.1 Å². The number of nitrogens with zero attached hydrogens (tertiary/aromatic N) is 3. The summed E-state index contributed by atoms with van der Waals surface area (Å²) in [6.45, 7) is 0.406. The third-order valence-electron chi connectivity index (χ3n) is 3.90. The summed E-state index contributed by atoms with van der Waals surface area (Å²) >= 11 is 3.40. The van der Waals surface area contributed by atoms with Crippen molar-refractivity contribution >= 4 is 39.4 Å². The number of amides is 2. The molecule has 0 bridgehead atoms. The first-order chi connectivity index (χ1) is 13.1. The number of hydrogen-bond acceptors (Lipinski definition) is 5. The predicted molar refractivity (Wildman–Crippen MR) is 102 cm³/mol. The van der Waals surface area contributed by atoms with Gasteiger partial charge in [-0.25, -0.2) is 9.67 Å². The van der Waals surface area contributed by atoms with Crippen LogP contribution in [-0.4, -0.2) is 33.2 Å². The van der Waals surface area contributed by atoms with Gasteiger partial charge in [0.15, 0.2) is 12.4 Å². The number of fused-ring (bicyclic) bond motifs is 1. The molecule has 1 aromatic heterocycles. The van der Waals surface area contributed by atoms with Crippen molar-refractivity contribution in [1.29, 1.82) is 0 Å². The number of ether oxygens (including phenoxy) is 1. The Morgan fingerprint density at radius 1 is 1.26 bits per heavy atom. The van der Waals surface area contributed by atoms with Gasteiger partial charge < -0.3 is 10.1 Å². The molecule has 136 valence electrons. The molecule has 9 heteroatoms. The van der Waals surface area contributed by atoms with Crippen molar-refractivity contribution < 1.29 is 14.3 Å². The second-order valence-electron chi connectivity index (χ2n) is 5.87. The van der Waals surface area contributed by atoms with Crippen LogP contribution in [0, 0.1) is 0 Å². The van der Waals surface area contributed by atoms with E-state index in [4.69, 9.17) is 4.74 Å². The fourth-order valence-corrected chi connectivity index (χ4v) is 2.93. The molecule has 4 rings (SSSR count). The monoisotopic (exact) mass is 427 g/mol. The standard InChI is InChI=1S/C18H14BrN5O3/c19-12-6-4-11(5-7-12)8-24-10-20-18(23-24)22-17(26)13-2-1-3-14-16(13)27-9-15(25)21-14/h1-7,10H,8-9H2,(H,21,25)(H,22,23,26). The smallest absolute Gasteiger partial charge is 0.262 e. The summed E-state index contributed by atoms with van der Waals surface area (Å²) in [5.74, 6) is -0.142. The third-order valence-corrected chi connectivity index (χ3v) is 4.43. The maximum atomic E-state index is 12.6. The molecule has 1 aliphatic rings. The summed E-state index contributed by atoms with van der Waals surface area (Å²) in [5.41, 5.74) is 1.83. The van der Waals surface area contributed by atoms with Gasteiger partial charge in [0.2, 0.25) is 5.95 Å². The van der Waals surface area contributed by atoms with Gasteiger partial charge in [-0.2, -0.15) is 0 Å². The molecule has 3 aromatic rings. The SMILES string of the molecule is O=C1COc2c(cccc2C(=O)Nc2ncn(Cc3ccc(Br)cc3)n2)N1. The Hall–Kier alpha value is -3.20. The molecule has 0 aliphatic carbocycles. The van der Waals surface area contributed by atoms with Gasteiger partial charge >= 0.3 is 0 Å². The second-order valence-corrected chi connectivity index (χ2v) is 6.78. The summed E-state index contributed by atoms with van der Waals surface area (Å²) < 4.78 is 8.03. The van der Waals surface area contributed by atoms with Crippen molar-refractivity contribution in [1.82, 2.24) is 14.8 Å². The summed E-state index contributed by atoms with van der Waals surface area (Å²) in [7, 11) is 0. The molecule has 1 aliphatic heterocycles. The highest BCUT2D eigenvalue weighted by Crippen LogP contribution is 2.31. The lowest BCUT2D eigenvalue weighted by atomic mass is 10.1. The number of rotatable bonds is 4. The second kappa shape index (κ2) is 7.20. The molecule has 8 nitrogen and oxygen atoms in total. The molecule has 2 N–H and O–H groups in total. The van der Waals surface area contributed by atoms with E-state index in [9.17, 15) is 9.59 Å². The molecule has 0 spiro atoms. The Morgan fingerprint density at radius 2 is 2.07 bits per heavy atom. The minimum Gasteiger partial charge on any atom is -0.481 e. The van der Waals surface area contributed by atoms with E-state index < -0.39 is 5.91 Å². The molecule has 0 saturated carbocycles. The summed E-state index contributed by atoms with van der Waals surface area (Å²) in [4.78, 5) is 28.1. The average Bonchev–Trinajstić information content (AvgIpc) is 3.09. The fourth-order valence-electron chi connectivity index (χ4n) is 2.67. The van der Waals surface area contributed by atoms with Crippen molar-refractivity contribution in [3.63, 3.8) is 0 Å². The maximum absolute atomic E-state index is 12.6. The summed E-state index contributed by atoms with van der Waals surface area (Å²) in [6, 6.07) is 12.8. The van der Waals surface area contributed by atoms with E-state index in [1.54, 1.807) is 29.2 Å². The van der Waals surface area contributed by atoms with Crippen LogP contribution >= 0.6 is 15.9 Å². The highest BCUT2D eigenvalue weighted by Gasteiger charge is 2.23. The Labute approximate surface area is 162 Å². The maximum Gasteiger partial charge on any atom is 0.262 e. The van der Waals surface area contributed by atoms with E-state index in [-0.39, 0.29) is 18.5 Å². The van der Waals surface area contributed by atoms with Crippen LogP contribution in [-0.2, 0) is 11.3 Å². The predicted octanol–water partition coefficient (Wildman–Crippen LogP) is 2.67. The van der Waals surface area contributed by atoms with E-state index in [1.807, 2.05) is 24.3 Å². The molecule has 0 fully saturated rings. The highest BCUT2D eigenvalue weighted by molar-refractivity contribution is 9.10. The van der Waals surface area contributed by atoms with E-state index in [2.05, 4.69) is 36.6 Å². The first-order valence-electron chi connectivity index (χ1n) is 8.09. The Bertz CT molecular complexity index is 1020. The van der Waals surface area contributed by atoms with Crippen LogP contribution in [0.15, 0.2) is 53.3 Å². The largest absolute Gasteiger partial charge is 0.481 e. The zero-order chi connectivity index (χ0) is 18.8. The Kier molecular flexibility index (Phi) is 4.59. The van der Waals surface area contributed by atoms with Crippen LogP contribution in [0.25, 0.3) is 0 Å². The van der Waals surface area contributed by atoms with Gasteiger partial charge in [-0.05, 0) is 29.8 Å². The van der Waals surface area contributed by atoms with Crippen LogP contribution < -0.4 is 15.4 Å². The van der Waals surface area contributed by atoms with Gasteiger partial charge in [0, 0.05) is 4.47 Å². The van der Waals surface area contributed by atoms with Crippen LogP contribution in [0.2, 0.25) is 0 Å². The van der Waals surface area contributed by atoms with Crippen molar-refractivity contribution in [3.8, 4) is 5.75 Å². The van der Waals surface area contributed by atoms with Crippen LogP contribution in [0.1, 0.15) is 15.9 Å². The quantitative estimate of drug-likeness (QED) is 0.666. The molecular formula is C18H14BrN5O3. The number of para-hydroxylation sites is 1. The minimum absolute atomic E-state index is 0.128. The van der Waals surface area contributed by atoms with Gasteiger partial charge in [0.1, 0.15) is 6.33 Å².